The summed E-state index contributed by atoms with van der Waals surface area (Å²) in [5.41, 5.74) is 4.72. The molecular weight excluding hydrogens is 360 g/mol. The lowest BCUT2D eigenvalue weighted by molar-refractivity contribution is -0.377. The first kappa shape index (κ1) is 16.9. The predicted molar refractivity (Wildman–Crippen MR) is 104 cm³/mol. The predicted octanol–water partition coefficient (Wildman–Crippen LogP) is 2.29. The number of benzene rings is 1. The Hall–Kier alpha value is -3.26. The van der Waals surface area contributed by atoms with E-state index in [0.29, 0.717) is 5.82 Å². The standard InChI is InChI=1S/C20H19N4O4/c1-22-16-6-2-3-7-17(16)23-18(13-8-10-14(11-9-13)24(26)27)21-28-20(23)12-4-5-15(20)19(22)25/h2-3,6-11,15,21H,4-5,12H2,1H3/q-1/t15-,20-/m1/s1. The molecule has 4 aliphatic rings. The van der Waals surface area contributed by atoms with Crippen LogP contribution in [-0.2, 0) is 9.63 Å². The molecule has 2 aliphatic carbocycles. The Morgan fingerprint density at radius 3 is 2.61 bits per heavy atom. The maximum Gasteiger partial charge on any atom is 0.234 e. The van der Waals surface area contributed by atoms with Crippen molar-refractivity contribution in [1.29, 1.82) is 0 Å². The molecule has 2 fully saturated rings. The highest BCUT2D eigenvalue weighted by Crippen LogP contribution is 2.53. The molecule has 28 heavy (non-hydrogen) atoms. The van der Waals surface area contributed by atoms with Gasteiger partial charge in [-0.3, -0.25) is 9.69 Å². The summed E-state index contributed by atoms with van der Waals surface area (Å²) in [6.45, 7) is 0. The summed E-state index contributed by atoms with van der Waals surface area (Å²) in [6.07, 6.45) is 8.71. The van der Waals surface area contributed by atoms with Crippen molar-refractivity contribution in [2.24, 2.45) is 5.92 Å². The largest absolute Gasteiger partial charge is 0.612 e. The van der Waals surface area contributed by atoms with E-state index in [1.165, 1.54) is 12.2 Å². The van der Waals surface area contributed by atoms with Gasteiger partial charge in [-0.2, -0.15) is 4.90 Å². The molecule has 1 aromatic rings. The summed E-state index contributed by atoms with van der Waals surface area (Å²) >= 11 is 0. The third-order valence-electron chi connectivity index (χ3n) is 5.96. The number of fused-ring (bicyclic) bond motifs is 2. The molecule has 0 aromatic heterocycles. The van der Waals surface area contributed by atoms with Crippen LogP contribution >= 0.6 is 0 Å². The van der Waals surface area contributed by atoms with E-state index in [1.54, 1.807) is 24.1 Å². The molecule has 5 rings (SSSR count). The van der Waals surface area contributed by atoms with E-state index in [2.05, 4.69) is 10.4 Å². The molecule has 0 bridgehead atoms. The van der Waals surface area contributed by atoms with E-state index in [0.717, 1.165) is 36.2 Å². The molecular formula is C20H19N4O4-. The minimum Gasteiger partial charge on any atom is -0.612 e. The number of nitrogens with one attached hydrogen (secondary N) is 1. The van der Waals surface area contributed by atoms with Crippen LogP contribution in [-0.4, -0.2) is 29.3 Å². The fourth-order valence-electron chi connectivity index (χ4n) is 4.63. The van der Waals surface area contributed by atoms with Crippen LogP contribution in [0.4, 0.5) is 11.4 Å². The second-order valence-corrected chi connectivity index (χ2v) is 7.37. The molecule has 1 aromatic carbocycles. The first-order valence-corrected chi connectivity index (χ1v) is 9.25. The molecule has 1 saturated heterocycles. The molecule has 2 aliphatic heterocycles. The zero-order valence-corrected chi connectivity index (χ0v) is 15.3. The van der Waals surface area contributed by atoms with Crippen LogP contribution < -0.4 is 15.3 Å². The van der Waals surface area contributed by atoms with Gasteiger partial charge in [0.05, 0.1) is 17.3 Å². The van der Waals surface area contributed by atoms with Crippen molar-refractivity contribution in [3.63, 3.8) is 0 Å². The smallest absolute Gasteiger partial charge is 0.234 e. The Labute approximate surface area is 161 Å². The topological polar surface area (TPSA) is 93.9 Å². The van der Waals surface area contributed by atoms with Crippen LogP contribution in [0, 0.1) is 16.3 Å². The van der Waals surface area contributed by atoms with Gasteiger partial charge in [0.2, 0.25) is 11.6 Å². The Bertz CT molecular complexity index is 974. The van der Waals surface area contributed by atoms with Crippen LogP contribution in [0.1, 0.15) is 19.3 Å². The van der Waals surface area contributed by atoms with Crippen molar-refractivity contribution < 1.29 is 14.5 Å². The van der Waals surface area contributed by atoms with E-state index in [4.69, 9.17) is 4.84 Å². The molecule has 2 heterocycles. The SMILES string of the molecule is CN1C(=O)[C@H]2CCC[C@@]23ONC(=C2C=CC(=[N+]([O-])[O-])C=C2)N3c2ccccc21. The quantitative estimate of drug-likeness (QED) is 0.549. The second kappa shape index (κ2) is 5.87. The Morgan fingerprint density at radius 1 is 1.18 bits per heavy atom. The molecule has 1 amide bonds. The summed E-state index contributed by atoms with van der Waals surface area (Å²) in [6, 6.07) is 7.75. The van der Waals surface area contributed by atoms with E-state index in [9.17, 15) is 15.2 Å². The summed E-state index contributed by atoms with van der Waals surface area (Å²) in [7, 11) is 1.80. The number of carbonyl (C=O) groups is 1. The monoisotopic (exact) mass is 379 g/mol. The van der Waals surface area contributed by atoms with Gasteiger partial charge < -0.3 is 15.3 Å². The van der Waals surface area contributed by atoms with Crippen molar-refractivity contribution in [3.05, 3.63) is 70.4 Å². The molecule has 2 atom stereocenters. The van der Waals surface area contributed by atoms with Gasteiger partial charge in [-0.05, 0) is 43.5 Å². The van der Waals surface area contributed by atoms with E-state index in [-0.39, 0.29) is 17.5 Å². The van der Waals surface area contributed by atoms with E-state index < -0.39 is 10.6 Å². The van der Waals surface area contributed by atoms with Gasteiger partial charge in [-0.15, -0.1) is 0 Å². The lowest BCUT2D eigenvalue weighted by Crippen LogP contribution is -2.50. The van der Waals surface area contributed by atoms with Gasteiger partial charge in [0.25, 0.3) is 0 Å². The minimum atomic E-state index is -0.797. The van der Waals surface area contributed by atoms with Gasteiger partial charge in [0.15, 0.2) is 5.72 Å². The number of para-hydroxylation sites is 2. The molecule has 1 N–H and O–H groups in total. The molecule has 0 unspecified atom stereocenters. The average molecular weight is 379 g/mol. The Kier molecular flexibility index (Phi) is 3.54. The van der Waals surface area contributed by atoms with Crippen molar-refractivity contribution in [2.75, 3.05) is 16.8 Å². The van der Waals surface area contributed by atoms with Gasteiger partial charge in [0.1, 0.15) is 5.82 Å². The number of hydrogen-bond donors (Lipinski definition) is 1. The Morgan fingerprint density at radius 2 is 1.89 bits per heavy atom. The first-order valence-electron chi connectivity index (χ1n) is 9.25. The summed E-state index contributed by atoms with van der Waals surface area (Å²) < 4.78 is 0. The number of amides is 1. The number of allylic oxidation sites excluding steroid dienone is 5. The number of hydroxylamine groups is 1. The van der Waals surface area contributed by atoms with Crippen LogP contribution in [0.15, 0.2) is 60.0 Å². The van der Waals surface area contributed by atoms with Crippen molar-refractivity contribution >= 4 is 23.0 Å². The Balaban J connectivity index is 1.72. The highest BCUT2D eigenvalue weighted by molar-refractivity contribution is 6.03. The molecule has 0 radical (unpaired) electrons. The van der Waals surface area contributed by atoms with Gasteiger partial charge in [0, 0.05) is 24.8 Å². The van der Waals surface area contributed by atoms with Gasteiger partial charge in [-0.25, -0.2) is 10.3 Å². The molecule has 1 spiro atoms. The molecule has 8 nitrogen and oxygen atoms in total. The zero-order chi connectivity index (χ0) is 19.5. The molecule has 8 heteroatoms. The normalized spacial score (nSPS) is 28.1. The second-order valence-electron chi connectivity index (χ2n) is 7.37. The number of rotatable bonds is 0. The highest BCUT2D eigenvalue weighted by atomic mass is 16.8. The summed E-state index contributed by atoms with van der Waals surface area (Å²) in [5.74, 6) is 0.435. The fraction of sp³-hybridized carbons (Fsp3) is 0.300. The minimum absolute atomic E-state index is 0.0305. The number of carbonyl (C=O) groups excluding carboxylic acids is 1. The number of hydrogen-bond acceptors (Lipinski definition) is 6. The summed E-state index contributed by atoms with van der Waals surface area (Å²) in [5, 5.41) is 22.0. The van der Waals surface area contributed by atoms with Crippen LogP contribution in [0.3, 0.4) is 0 Å². The molecule has 144 valence electrons. The van der Waals surface area contributed by atoms with E-state index >= 15 is 0 Å². The zero-order valence-electron chi connectivity index (χ0n) is 15.3. The third kappa shape index (κ3) is 2.15. The lowest BCUT2D eigenvalue weighted by Gasteiger charge is -2.35. The van der Waals surface area contributed by atoms with E-state index in [1.807, 2.05) is 24.3 Å². The average Bonchev–Trinajstić information content (AvgIpc) is 3.30. The van der Waals surface area contributed by atoms with Crippen LogP contribution in [0.2, 0.25) is 0 Å². The highest BCUT2D eigenvalue weighted by Gasteiger charge is 2.60. The van der Waals surface area contributed by atoms with Gasteiger partial charge in [-0.1, -0.05) is 12.1 Å². The maximum atomic E-state index is 13.2. The first-order chi connectivity index (χ1) is 13.5. The number of nitrogens with zero attached hydrogens (tertiary/aromatic N) is 3. The van der Waals surface area contributed by atoms with Crippen LogP contribution in [0.5, 0.6) is 0 Å². The maximum absolute atomic E-state index is 13.2. The lowest BCUT2D eigenvalue weighted by atomic mass is 9.96. The van der Waals surface area contributed by atoms with Crippen molar-refractivity contribution in [2.45, 2.75) is 25.0 Å². The molecule has 1 saturated carbocycles. The van der Waals surface area contributed by atoms with Crippen molar-refractivity contribution in [1.82, 2.24) is 5.48 Å². The fourth-order valence-corrected chi connectivity index (χ4v) is 4.63. The van der Waals surface area contributed by atoms with Gasteiger partial charge >= 0.3 is 0 Å². The van der Waals surface area contributed by atoms with Crippen LogP contribution in [0.25, 0.3) is 0 Å². The third-order valence-corrected chi connectivity index (χ3v) is 5.96. The van der Waals surface area contributed by atoms with Crippen molar-refractivity contribution in [3.8, 4) is 0 Å². The summed E-state index contributed by atoms with van der Waals surface area (Å²) in [4.78, 5) is 22.7. The number of anilines is 2.